The lowest BCUT2D eigenvalue weighted by atomic mass is 9.78. The summed E-state index contributed by atoms with van der Waals surface area (Å²) in [6.45, 7) is 0. The molecule has 3 amide bonds. The van der Waals surface area contributed by atoms with Crippen LogP contribution < -0.4 is 15.8 Å². The van der Waals surface area contributed by atoms with E-state index in [1.54, 1.807) is 91.0 Å². The second kappa shape index (κ2) is 6.66. The quantitative estimate of drug-likeness (QED) is 0.715. The molecule has 0 atom stereocenters. The van der Waals surface area contributed by atoms with Crippen LogP contribution in [-0.2, 0) is 19.8 Å². The third kappa shape index (κ3) is 2.39. The van der Waals surface area contributed by atoms with Gasteiger partial charge in [-0.05, 0) is 29.8 Å². The van der Waals surface area contributed by atoms with Gasteiger partial charge < -0.3 is 5.73 Å². The van der Waals surface area contributed by atoms with Crippen molar-refractivity contribution in [2.24, 2.45) is 5.73 Å². The summed E-state index contributed by atoms with van der Waals surface area (Å²) in [6, 6.07) is 25.6. The Morgan fingerprint density at radius 1 is 0.643 bits per heavy atom. The highest BCUT2D eigenvalue weighted by molar-refractivity contribution is 6.40. The van der Waals surface area contributed by atoms with Crippen molar-refractivity contribution in [1.82, 2.24) is 0 Å². The number of nitrogens with two attached hydrogens (primary N) is 1. The fourth-order valence-corrected chi connectivity index (χ4v) is 3.48. The van der Waals surface area contributed by atoms with Crippen molar-refractivity contribution in [3.05, 3.63) is 96.6 Å². The first-order chi connectivity index (χ1) is 13.6. The van der Waals surface area contributed by atoms with Crippen molar-refractivity contribution < 1.29 is 14.4 Å². The molecule has 0 radical (unpaired) electrons. The molecule has 0 spiro atoms. The smallest absolute Gasteiger partial charge is 0.276 e. The van der Waals surface area contributed by atoms with Crippen LogP contribution in [0.2, 0.25) is 0 Å². The molecule has 1 saturated heterocycles. The van der Waals surface area contributed by atoms with E-state index in [4.69, 9.17) is 5.73 Å². The van der Waals surface area contributed by atoms with Crippen LogP contribution in [0.4, 0.5) is 11.4 Å². The molecule has 3 aromatic rings. The maximum Gasteiger partial charge on any atom is 0.276 e. The van der Waals surface area contributed by atoms with Crippen LogP contribution >= 0.6 is 0 Å². The number of carbonyl (C=O) groups is 3. The summed E-state index contributed by atoms with van der Waals surface area (Å²) in [4.78, 5) is 39.9. The Hall–Kier alpha value is -3.93. The van der Waals surface area contributed by atoms with Crippen LogP contribution in [0.3, 0.4) is 0 Å². The van der Waals surface area contributed by atoms with Crippen LogP contribution in [0.5, 0.6) is 0 Å². The van der Waals surface area contributed by atoms with Gasteiger partial charge in [-0.15, -0.1) is 0 Å². The number of nitrogens with zero attached hydrogens (tertiary/aromatic N) is 2. The van der Waals surface area contributed by atoms with Gasteiger partial charge in [0.15, 0.2) is 0 Å². The topological polar surface area (TPSA) is 83.7 Å². The zero-order chi connectivity index (χ0) is 19.7. The minimum Gasteiger partial charge on any atom is -0.368 e. The van der Waals surface area contributed by atoms with Gasteiger partial charge in [-0.3, -0.25) is 14.4 Å². The van der Waals surface area contributed by atoms with Crippen molar-refractivity contribution in [1.29, 1.82) is 0 Å². The van der Waals surface area contributed by atoms with E-state index in [1.807, 2.05) is 0 Å². The summed E-state index contributed by atoms with van der Waals surface area (Å²) in [7, 11) is 0. The second-order valence-corrected chi connectivity index (χ2v) is 6.39. The number of para-hydroxylation sites is 2. The summed E-state index contributed by atoms with van der Waals surface area (Å²) >= 11 is 0. The highest BCUT2D eigenvalue weighted by Gasteiger charge is 2.64. The SMILES string of the molecule is NC(=O)C1(c2ccccc2)C(=O)N(c2ccccc2)N(c2ccccc2)C1=O. The molecule has 0 bridgehead atoms. The van der Waals surface area contributed by atoms with E-state index >= 15 is 0 Å². The van der Waals surface area contributed by atoms with Gasteiger partial charge >= 0.3 is 0 Å². The Kier molecular flexibility index (Phi) is 4.16. The lowest BCUT2D eigenvalue weighted by molar-refractivity contribution is -0.138. The Balaban J connectivity index is 1.99. The number of hydrogen-bond donors (Lipinski definition) is 1. The van der Waals surface area contributed by atoms with E-state index in [1.165, 1.54) is 10.0 Å². The van der Waals surface area contributed by atoms with Gasteiger partial charge in [-0.25, -0.2) is 10.0 Å². The summed E-state index contributed by atoms with van der Waals surface area (Å²) < 4.78 is 0. The Bertz CT molecular complexity index is 979. The van der Waals surface area contributed by atoms with Gasteiger partial charge in [0, 0.05) is 0 Å². The van der Waals surface area contributed by atoms with Gasteiger partial charge in [-0.2, -0.15) is 0 Å². The minimum atomic E-state index is -2.13. The second-order valence-electron chi connectivity index (χ2n) is 6.39. The van der Waals surface area contributed by atoms with E-state index in [-0.39, 0.29) is 5.56 Å². The fraction of sp³-hybridized carbons (Fsp3) is 0.0455. The van der Waals surface area contributed by atoms with E-state index in [0.717, 1.165) is 0 Å². The average molecular weight is 371 g/mol. The third-order valence-corrected chi connectivity index (χ3v) is 4.80. The molecule has 28 heavy (non-hydrogen) atoms. The lowest BCUT2D eigenvalue weighted by Crippen LogP contribution is -2.52. The van der Waals surface area contributed by atoms with Gasteiger partial charge in [-0.1, -0.05) is 66.7 Å². The zero-order valence-electron chi connectivity index (χ0n) is 14.9. The number of amides is 3. The highest BCUT2D eigenvalue weighted by atomic mass is 16.2. The van der Waals surface area contributed by atoms with Gasteiger partial charge in [0.05, 0.1) is 11.4 Å². The number of hydrazine groups is 1. The minimum absolute atomic E-state index is 0.247. The third-order valence-electron chi connectivity index (χ3n) is 4.80. The van der Waals surface area contributed by atoms with Crippen LogP contribution in [0, 0.1) is 0 Å². The number of rotatable bonds is 4. The summed E-state index contributed by atoms with van der Waals surface area (Å²) in [6.07, 6.45) is 0. The fourth-order valence-electron chi connectivity index (χ4n) is 3.48. The first-order valence-corrected chi connectivity index (χ1v) is 8.73. The zero-order valence-corrected chi connectivity index (χ0v) is 14.9. The maximum atomic E-state index is 13.6. The molecule has 1 aliphatic rings. The number of carbonyl (C=O) groups excluding carboxylic acids is 3. The molecule has 1 heterocycles. The van der Waals surface area contributed by atoms with Crippen molar-refractivity contribution in [3.8, 4) is 0 Å². The summed E-state index contributed by atoms with van der Waals surface area (Å²) in [5, 5.41) is 2.44. The normalized spacial score (nSPS) is 15.7. The number of primary amides is 1. The van der Waals surface area contributed by atoms with Gasteiger partial charge in [0.2, 0.25) is 11.3 Å². The van der Waals surface area contributed by atoms with Crippen molar-refractivity contribution in [2.45, 2.75) is 5.41 Å². The molecule has 1 fully saturated rings. The standard InChI is InChI=1S/C22H17N3O3/c23-19(26)22(16-10-4-1-5-11-16)20(27)24(17-12-6-2-7-13-17)25(21(22)28)18-14-8-3-9-15-18/h1-15H,(H2,23,26). The van der Waals surface area contributed by atoms with Crippen molar-refractivity contribution in [2.75, 3.05) is 10.0 Å². The molecule has 138 valence electrons. The van der Waals surface area contributed by atoms with Gasteiger partial charge in [0.25, 0.3) is 11.8 Å². The molecular formula is C22H17N3O3. The van der Waals surface area contributed by atoms with Gasteiger partial charge in [0.1, 0.15) is 0 Å². The maximum absolute atomic E-state index is 13.6. The first kappa shape index (κ1) is 17.5. The lowest BCUT2D eigenvalue weighted by Gasteiger charge is -2.27. The van der Waals surface area contributed by atoms with Crippen LogP contribution in [0.1, 0.15) is 5.56 Å². The highest BCUT2D eigenvalue weighted by Crippen LogP contribution is 2.40. The summed E-state index contributed by atoms with van der Waals surface area (Å²) in [5.74, 6) is -2.41. The predicted octanol–water partition coefficient (Wildman–Crippen LogP) is 2.40. The molecule has 6 nitrogen and oxygen atoms in total. The number of benzene rings is 3. The Morgan fingerprint density at radius 3 is 1.36 bits per heavy atom. The Labute approximate surface area is 161 Å². The van der Waals surface area contributed by atoms with Crippen LogP contribution in [0.25, 0.3) is 0 Å². The molecule has 6 heteroatoms. The van der Waals surface area contributed by atoms with E-state index in [2.05, 4.69) is 0 Å². The Morgan fingerprint density at radius 2 is 1.00 bits per heavy atom. The van der Waals surface area contributed by atoms with E-state index < -0.39 is 23.1 Å². The molecule has 0 saturated carbocycles. The molecule has 0 aromatic heterocycles. The van der Waals surface area contributed by atoms with Crippen molar-refractivity contribution >= 4 is 29.1 Å². The monoisotopic (exact) mass is 371 g/mol. The molecule has 4 rings (SSSR count). The van der Waals surface area contributed by atoms with E-state index in [0.29, 0.717) is 11.4 Å². The summed E-state index contributed by atoms with van der Waals surface area (Å²) in [5.41, 5.74) is 4.73. The van der Waals surface area contributed by atoms with Crippen LogP contribution in [-0.4, -0.2) is 17.7 Å². The molecule has 3 aromatic carbocycles. The van der Waals surface area contributed by atoms with Crippen LogP contribution in [0.15, 0.2) is 91.0 Å². The number of anilines is 2. The van der Waals surface area contributed by atoms with E-state index in [9.17, 15) is 14.4 Å². The molecule has 0 unspecified atom stereocenters. The molecule has 2 N–H and O–H groups in total. The first-order valence-electron chi connectivity index (χ1n) is 8.73. The predicted molar refractivity (Wildman–Crippen MR) is 105 cm³/mol. The molecule has 1 aliphatic heterocycles. The largest absolute Gasteiger partial charge is 0.368 e. The average Bonchev–Trinajstić information content (AvgIpc) is 2.97. The molecular weight excluding hydrogens is 354 g/mol. The van der Waals surface area contributed by atoms with Crippen molar-refractivity contribution in [3.63, 3.8) is 0 Å². The molecule has 0 aliphatic carbocycles. The number of hydrogen-bond acceptors (Lipinski definition) is 3.